The van der Waals surface area contributed by atoms with Gasteiger partial charge in [-0.25, -0.2) is 13.2 Å². The Morgan fingerprint density at radius 3 is 2.22 bits per heavy atom. The number of piperazine rings is 1. The molecule has 1 N–H and O–H groups in total. The molecule has 0 bridgehead atoms. The number of nitriles is 1. The minimum absolute atomic E-state index is 0.226. The fourth-order valence-electron chi connectivity index (χ4n) is 2.86. The summed E-state index contributed by atoms with van der Waals surface area (Å²) in [5, 5.41) is 11.6. The molecule has 1 aliphatic rings. The molecule has 0 aromatic heterocycles. The molecule has 2 amide bonds. The average molecular weight is 384 g/mol. The van der Waals surface area contributed by atoms with Crippen molar-refractivity contribution in [3.05, 3.63) is 65.7 Å². The van der Waals surface area contributed by atoms with E-state index in [2.05, 4.69) is 5.32 Å². The van der Waals surface area contributed by atoms with E-state index in [-0.39, 0.29) is 24.0 Å². The predicted octanol–water partition coefficient (Wildman–Crippen LogP) is 1.77. The van der Waals surface area contributed by atoms with Gasteiger partial charge in [-0.15, -0.1) is 0 Å². The van der Waals surface area contributed by atoms with E-state index in [9.17, 15) is 13.2 Å². The summed E-state index contributed by atoms with van der Waals surface area (Å²) in [6, 6.07) is 17.1. The second-order valence-corrected chi connectivity index (χ2v) is 8.11. The smallest absolute Gasteiger partial charge is 0.317 e. The molecule has 0 radical (unpaired) electrons. The zero-order chi connectivity index (χ0) is 19.3. The van der Waals surface area contributed by atoms with E-state index in [1.54, 1.807) is 59.5 Å². The van der Waals surface area contributed by atoms with Gasteiger partial charge >= 0.3 is 6.03 Å². The average Bonchev–Trinajstić information content (AvgIpc) is 2.73. The van der Waals surface area contributed by atoms with Crippen LogP contribution in [0.2, 0.25) is 0 Å². The van der Waals surface area contributed by atoms with Gasteiger partial charge in [0.25, 0.3) is 0 Å². The van der Waals surface area contributed by atoms with E-state index in [4.69, 9.17) is 5.26 Å². The minimum atomic E-state index is -3.52. The molecule has 140 valence electrons. The van der Waals surface area contributed by atoms with Gasteiger partial charge in [0.2, 0.25) is 10.0 Å². The van der Waals surface area contributed by atoms with Crippen molar-refractivity contribution < 1.29 is 13.2 Å². The Labute approximate surface area is 158 Å². The highest BCUT2D eigenvalue weighted by Crippen LogP contribution is 2.17. The SMILES string of the molecule is N#Cc1ccc(CNC(=O)N2CCN(S(=O)(=O)c3ccccc3)CC2)cc1. The van der Waals surface area contributed by atoms with Gasteiger partial charge in [-0.2, -0.15) is 9.57 Å². The van der Waals surface area contributed by atoms with E-state index >= 15 is 0 Å². The number of carbonyl (C=O) groups excluding carboxylic acids is 1. The van der Waals surface area contributed by atoms with Crippen LogP contribution in [0.4, 0.5) is 4.79 Å². The van der Waals surface area contributed by atoms with Gasteiger partial charge in [0.1, 0.15) is 0 Å². The van der Waals surface area contributed by atoms with Crippen LogP contribution in [0.1, 0.15) is 11.1 Å². The van der Waals surface area contributed by atoms with E-state index in [1.807, 2.05) is 6.07 Å². The number of nitrogens with one attached hydrogen (secondary N) is 1. The maximum absolute atomic E-state index is 12.6. The van der Waals surface area contributed by atoms with Gasteiger partial charge in [0.05, 0.1) is 16.5 Å². The second-order valence-electron chi connectivity index (χ2n) is 6.17. The van der Waals surface area contributed by atoms with Gasteiger partial charge in [-0.05, 0) is 29.8 Å². The monoisotopic (exact) mass is 384 g/mol. The Morgan fingerprint density at radius 2 is 1.63 bits per heavy atom. The Balaban J connectivity index is 1.52. The lowest BCUT2D eigenvalue weighted by Crippen LogP contribution is -2.52. The van der Waals surface area contributed by atoms with E-state index < -0.39 is 10.0 Å². The quantitative estimate of drug-likeness (QED) is 0.869. The molecule has 1 aliphatic heterocycles. The first-order chi connectivity index (χ1) is 13.0. The molecule has 27 heavy (non-hydrogen) atoms. The van der Waals surface area contributed by atoms with Crippen LogP contribution in [0.3, 0.4) is 0 Å². The Kier molecular flexibility index (Phi) is 5.74. The number of urea groups is 1. The van der Waals surface area contributed by atoms with Crippen molar-refractivity contribution in [1.29, 1.82) is 5.26 Å². The Bertz CT molecular complexity index is 929. The highest BCUT2D eigenvalue weighted by atomic mass is 32.2. The molecule has 0 unspecified atom stereocenters. The fraction of sp³-hybridized carbons (Fsp3) is 0.263. The van der Waals surface area contributed by atoms with Crippen LogP contribution in [0.25, 0.3) is 0 Å². The van der Waals surface area contributed by atoms with Crippen molar-refractivity contribution >= 4 is 16.1 Å². The van der Waals surface area contributed by atoms with E-state index in [1.165, 1.54) is 4.31 Å². The number of sulfonamides is 1. The van der Waals surface area contributed by atoms with Crippen LogP contribution in [-0.2, 0) is 16.6 Å². The second kappa shape index (κ2) is 8.20. The van der Waals surface area contributed by atoms with Crippen LogP contribution in [0.15, 0.2) is 59.5 Å². The molecule has 2 aromatic rings. The lowest BCUT2D eigenvalue weighted by Gasteiger charge is -2.34. The topological polar surface area (TPSA) is 93.5 Å². The van der Waals surface area contributed by atoms with Gasteiger partial charge in [0, 0.05) is 32.7 Å². The number of rotatable bonds is 4. The first kappa shape index (κ1) is 18.9. The molecular weight excluding hydrogens is 364 g/mol. The van der Waals surface area contributed by atoms with Crippen molar-refractivity contribution in [1.82, 2.24) is 14.5 Å². The lowest BCUT2D eigenvalue weighted by molar-refractivity contribution is 0.172. The predicted molar refractivity (Wildman–Crippen MR) is 100 cm³/mol. The molecule has 1 fully saturated rings. The van der Waals surface area contributed by atoms with Crippen molar-refractivity contribution in [3.8, 4) is 6.07 Å². The summed E-state index contributed by atoms with van der Waals surface area (Å²) in [6.45, 7) is 1.56. The molecule has 3 rings (SSSR count). The Morgan fingerprint density at radius 1 is 1.00 bits per heavy atom. The van der Waals surface area contributed by atoms with E-state index in [0.29, 0.717) is 25.2 Å². The number of benzene rings is 2. The normalized spacial score (nSPS) is 15.1. The summed E-state index contributed by atoms with van der Waals surface area (Å²) in [6.07, 6.45) is 0. The third-order valence-corrected chi connectivity index (χ3v) is 6.35. The summed E-state index contributed by atoms with van der Waals surface area (Å²) in [5.41, 5.74) is 1.47. The van der Waals surface area contributed by atoms with Crippen molar-refractivity contribution in [3.63, 3.8) is 0 Å². The standard InChI is InChI=1S/C19H20N4O3S/c20-14-16-6-8-17(9-7-16)15-21-19(24)22-10-12-23(13-11-22)27(25,26)18-4-2-1-3-5-18/h1-9H,10-13,15H2,(H,21,24). The molecule has 8 heteroatoms. The zero-order valence-corrected chi connectivity index (χ0v) is 15.5. The highest BCUT2D eigenvalue weighted by molar-refractivity contribution is 7.89. The van der Waals surface area contributed by atoms with E-state index in [0.717, 1.165) is 5.56 Å². The maximum Gasteiger partial charge on any atom is 0.317 e. The summed E-state index contributed by atoms with van der Waals surface area (Å²) < 4.78 is 26.6. The first-order valence-electron chi connectivity index (χ1n) is 8.58. The largest absolute Gasteiger partial charge is 0.334 e. The number of hydrogen-bond acceptors (Lipinski definition) is 4. The third-order valence-electron chi connectivity index (χ3n) is 4.43. The molecule has 2 aromatic carbocycles. The third kappa shape index (κ3) is 4.45. The van der Waals surface area contributed by atoms with Crippen molar-refractivity contribution in [2.45, 2.75) is 11.4 Å². The Hall–Kier alpha value is -2.89. The van der Waals surface area contributed by atoms with Crippen molar-refractivity contribution in [2.75, 3.05) is 26.2 Å². The van der Waals surface area contributed by atoms with Gasteiger partial charge < -0.3 is 10.2 Å². The molecule has 0 saturated carbocycles. The molecular formula is C19H20N4O3S. The molecule has 1 heterocycles. The minimum Gasteiger partial charge on any atom is -0.334 e. The van der Waals surface area contributed by atoms with Crippen LogP contribution >= 0.6 is 0 Å². The van der Waals surface area contributed by atoms with Gasteiger partial charge in [-0.3, -0.25) is 0 Å². The molecule has 0 atom stereocenters. The molecule has 1 saturated heterocycles. The molecule has 7 nitrogen and oxygen atoms in total. The number of hydrogen-bond donors (Lipinski definition) is 1. The first-order valence-corrected chi connectivity index (χ1v) is 10.0. The van der Waals surface area contributed by atoms with Gasteiger partial charge in [0.15, 0.2) is 0 Å². The van der Waals surface area contributed by atoms with Crippen LogP contribution < -0.4 is 5.32 Å². The summed E-state index contributed by atoms with van der Waals surface area (Å²) in [7, 11) is -3.52. The summed E-state index contributed by atoms with van der Waals surface area (Å²) in [4.78, 5) is 14.2. The highest BCUT2D eigenvalue weighted by Gasteiger charge is 2.29. The number of carbonyl (C=O) groups is 1. The lowest BCUT2D eigenvalue weighted by atomic mass is 10.1. The summed E-state index contributed by atoms with van der Waals surface area (Å²) in [5.74, 6) is 0. The zero-order valence-electron chi connectivity index (χ0n) is 14.7. The van der Waals surface area contributed by atoms with Crippen LogP contribution in [-0.4, -0.2) is 49.8 Å². The fourth-order valence-corrected chi connectivity index (χ4v) is 4.30. The maximum atomic E-state index is 12.6. The van der Waals surface area contributed by atoms with Crippen molar-refractivity contribution in [2.24, 2.45) is 0 Å². The van der Waals surface area contributed by atoms with Gasteiger partial charge in [-0.1, -0.05) is 30.3 Å². The number of nitrogens with zero attached hydrogens (tertiary/aromatic N) is 3. The number of amides is 2. The van der Waals surface area contributed by atoms with Crippen LogP contribution in [0, 0.1) is 11.3 Å². The summed E-state index contributed by atoms with van der Waals surface area (Å²) >= 11 is 0. The molecule has 0 aliphatic carbocycles. The van der Waals surface area contributed by atoms with Crippen LogP contribution in [0.5, 0.6) is 0 Å². The molecule has 0 spiro atoms.